The zero-order valence-electron chi connectivity index (χ0n) is 23.8. The molecule has 0 radical (unpaired) electrons. The number of benzene rings is 2. The van der Waals surface area contributed by atoms with E-state index < -0.39 is 23.9 Å². The van der Waals surface area contributed by atoms with Gasteiger partial charge in [0.2, 0.25) is 17.7 Å². The van der Waals surface area contributed by atoms with Gasteiger partial charge in [-0.3, -0.25) is 14.4 Å². The Morgan fingerprint density at radius 2 is 1.57 bits per heavy atom. The number of unbranched alkanes of at least 4 members (excludes halogenated alkanes) is 1. The van der Waals surface area contributed by atoms with E-state index in [2.05, 4.69) is 27.8 Å². The second-order valence-electron chi connectivity index (χ2n) is 9.95. The molecule has 0 saturated carbocycles. The van der Waals surface area contributed by atoms with Crippen molar-refractivity contribution in [2.75, 3.05) is 26.4 Å². The molecule has 0 aliphatic rings. The van der Waals surface area contributed by atoms with Crippen LogP contribution in [0.5, 0.6) is 0 Å². The molecular formula is C32H39N3O7. The Morgan fingerprint density at radius 3 is 2.26 bits per heavy atom. The Labute approximate surface area is 245 Å². The van der Waals surface area contributed by atoms with E-state index in [4.69, 9.17) is 9.52 Å². The molecule has 0 bridgehead atoms. The summed E-state index contributed by atoms with van der Waals surface area (Å²) in [5.41, 5.74) is 2.75. The van der Waals surface area contributed by atoms with Gasteiger partial charge in [-0.25, -0.2) is 0 Å². The predicted molar refractivity (Wildman–Crippen MR) is 158 cm³/mol. The molecule has 3 rings (SSSR count). The van der Waals surface area contributed by atoms with E-state index >= 15 is 0 Å². The number of aryl methyl sites for hydroxylation is 1. The lowest BCUT2D eigenvalue weighted by Gasteiger charge is -2.23. The fraction of sp³-hybridized carbons (Fsp3) is 0.406. The molecule has 0 unspecified atom stereocenters. The summed E-state index contributed by atoms with van der Waals surface area (Å²) in [7, 11) is 0. The van der Waals surface area contributed by atoms with Crippen molar-refractivity contribution in [3.63, 3.8) is 0 Å². The van der Waals surface area contributed by atoms with Crippen LogP contribution in [-0.4, -0.2) is 71.5 Å². The Kier molecular flexibility index (Phi) is 13.0. The van der Waals surface area contributed by atoms with Gasteiger partial charge in [0.05, 0.1) is 12.2 Å². The Morgan fingerprint density at radius 1 is 0.857 bits per heavy atom. The smallest absolute Gasteiger partial charge is 0.243 e. The van der Waals surface area contributed by atoms with Crippen LogP contribution in [0.25, 0.3) is 11.0 Å². The molecule has 0 saturated heterocycles. The first-order chi connectivity index (χ1) is 20.3. The summed E-state index contributed by atoms with van der Waals surface area (Å²) >= 11 is 0. The minimum atomic E-state index is -1.01. The fourth-order valence-corrected chi connectivity index (χ4v) is 4.50. The molecule has 2 aromatic carbocycles. The van der Waals surface area contributed by atoms with E-state index in [0.29, 0.717) is 48.2 Å². The SMILES string of the molecule is CC(=O)N[C@@H](Cc1ccccc1)C(=O)N[C@@H](Cc1cc(C#CCCCO)c2oc(CCCO)cc2c1)C(=O)NCCO. The number of aliphatic hydroxyl groups excluding tert-OH is 3. The van der Waals surface area contributed by atoms with Crippen LogP contribution in [-0.2, 0) is 33.6 Å². The first-order valence-corrected chi connectivity index (χ1v) is 14.1. The third kappa shape index (κ3) is 10.0. The van der Waals surface area contributed by atoms with Crippen LogP contribution < -0.4 is 16.0 Å². The summed E-state index contributed by atoms with van der Waals surface area (Å²) in [6.45, 7) is 1.14. The van der Waals surface area contributed by atoms with Crippen molar-refractivity contribution in [1.29, 1.82) is 0 Å². The molecule has 10 heteroatoms. The molecule has 1 heterocycles. The van der Waals surface area contributed by atoms with E-state index in [1.54, 1.807) is 6.07 Å². The number of rotatable bonds is 15. The van der Waals surface area contributed by atoms with Gasteiger partial charge < -0.3 is 35.7 Å². The summed E-state index contributed by atoms with van der Waals surface area (Å²) in [6.07, 6.45) is 2.47. The molecule has 3 amide bonds. The van der Waals surface area contributed by atoms with Crippen molar-refractivity contribution in [1.82, 2.24) is 16.0 Å². The lowest BCUT2D eigenvalue weighted by atomic mass is 9.99. The van der Waals surface area contributed by atoms with Crippen LogP contribution in [0.1, 0.15) is 48.6 Å². The molecule has 2 atom stereocenters. The van der Waals surface area contributed by atoms with Crippen LogP contribution in [0.4, 0.5) is 0 Å². The molecule has 0 aliphatic carbocycles. The summed E-state index contributed by atoms with van der Waals surface area (Å²) in [4.78, 5) is 38.5. The Hall–Kier alpha value is -4.17. The maximum Gasteiger partial charge on any atom is 0.243 e. The summed E-state index contributed by atoms with van der Waals surface area (Å²) in [6, 6.07) is 12.9. The van der Waals surface area contributed by atoms with Gasteiger partial charge in [0.25, 0.3) is 0 Å². The van der Waals surface area contributed by atoms with Crippen molar-refractivity contribution in [3.8, 4) is 11.8 Å². The molecule has 0 fully saturated rings. The van der Waals surface area contributed by atoms with Gasteiger partial charge in [-0.15, -0.1) is 0 Å². The largest absolute Gasteiger partial charge is 0.460 e. The van der Waals surface area contributed by atoms with E-state index in [1.165, 1.54) is 6.92 Å². The van der Waals surface area contributed by atoms with Crippen molar-refractivity contribution in [3.05, 3.63) is 71.0 Å². The highest BCUT2D eigenvalue weighted by atomic mass is 16.3. The first-order valence-electron chi connectivity index (χ1n) is 14.1. The van der Waals surface area contributed by atoms with Crippen LogP contribution in [0.3, 0.4) is 0 Å². The topological polar surface area (TPSA) is 161 Å². The number of carbonyl (C=O) groups is 3. The van der Waals surface area contributed by atoms with E-state index in [0.717, 1.165) is 10.9 Å². The number of carbonyl (C=O) groups excluding carboxylic acids is 3. The molecule has 0 spiro atoms. The highest BCUT2D eigenvalue weighted by Gasteiger charge is 2.27. The number of furan rings is 1. The normalized spacial score (nSPS) is 12.2. The fourth-order valence-electron chi connectivity index (χ4n) is 4.50. The molecule has 10 nitrogen and oxygen atoms in total. The van der Waals surface area contributed by atoms with Crippen LogP contribution in [0.15, 0.2) is 52.9 Å². The third-order valence-corrected chi connectivity index (χ3v) is 6.45. The monoisotopic (exact) mass is 577 g/mol. The maximum absolute atomic E-state index is 13.4. The summed E-state index contributed by atoms with van der Waals surface area (Å²) in [5, 5.41) is 36.5. The zero-order chi connectivity index (χ0) is 30.3. The Bertz CT molecular complexity index is 1390. The van der Waals surface area contributed by atoms with Gasteiger partial charge in [-0.2, -0.15) is 0 Å². The quantitative estimate of drug-likeness (QED) is 0.117. The highest BCUT2D eigenvalue weighted by Crippen LogP contribution is 2.26. The maximum atomic E-state index is 13.4. The predicted octanol–water partition coefficient (Wildman–Crippen LogP) is 1.36. The molecule has 0 aliphatic heterocycles. The summed E-state index contributed by atoms with van der Waals surface area (Å²) in [5.74, 6) is 5.46. The van der Waals surface area contributed by atoms with Crippen LogP contribution >= 0.6 is 0 Å². The molecule has 1 aromatic heterocycles. The third-order valence-electron chi connectivity index (χ3n) is 6.45. The number of nitrogens with one attached hydrogen (secondary N) is 3. The van der Waals surface area contributed by atoms with E-state index in [9.17, 15) is 24.6 Å². The standard InChI is InChI=1S/C32H39N3O7/c1-22(39)34-29(19-23-9-4-2-5-10-23)32(41)35-28(31(40)33-13-16-38)20-24-17-25(11-6-3-7-14-36)30-26(18-24)21-27(42-30)12-8-15-37/h2,4-5,9-10,17-18,21,28-29,36-38H,3,7-8,12-16,19-20H2,1H3,(H,33,40)(H,34,39)(H,35,41)/t28-,29-/m0/s1. The number of hydrogen-bond acceptors (Lipinski definition) is 7. The second-order valence-corrected chi connectivity index (χ2v) is 9.95. The molecule has 42 heavy (non-hydrogen) atoms. The summed E-state index contributed by atoms with van der Waals surface area (Å²) < 4.78 is 6.03. The second kappa shape index (κ2) is 16.9. The van der Waals surface area contributed by atoms with Gasteiger partial charge >= 0.3 is 0 Å². The Balaban J connectivity index is 1.92. The molecular weight excluding hydrogens is 538 g/mol. The van der Waals surface area contributed by atoms with E-state index in [1.807, 2.05) is 42.5 Å². The lowest BCUT2D eigenvalue weighted by molar-refractivity contribution is -0.131. The number of aliphatic hydroxyl groups is 3. The van der Waals surface area contributed by atoms with Gasteiger partial charge in [0.15, 0.2) is 0 Å². The van der Waals surface area contributed by atoms with Gasteiger partial charge in [-0.05, 0) is 42.2 Å². The van der Waals surface area contributed by atoms with Crippen molar-refractivity contribution < 1.29 is 34.1 Å². The number of fused-ring (bicyclic) bond motifs is 1. The van der Waals surface area contributed by atoms with Crippen LogP contribution in [0.2, 0.25) is 0 Å². The number of hydrogen-bond donors (Lipinski definition) is 6. The van der Waals surface area contributed by atoms with Gasteiger partial charge in [0, 0.05) is 57.8 Å². The first kappa shape index (κ1) is 32.3. The minimum absolute atomic E-state index is 0.0148. The van der Waals surface area contributed by atoms with Crippen molar-refractivity contribution in [2.45, 2.75) is 57.5 Å². The molecule has 224 valence electrons. The zero-order valence-corrected chi connectivity index (χ0v) is 23.8. The average Bonchev–Trinajstić information content (AvgIpc) is 3.39. The average molecular weight is 578 g/mol. The van der Waals surface area contributed by atoms with Crippen molar-refractivity contribution >= 4 is 28.7 Å². The molecule has 6 N–H and O–H groups in total. The lowest BCUT2D eigenvalue weighted by Crippen LogP contribution is -2.55. The van der Waals surface area contributed by atoms with Crippen LogP contribution in [0, 0.1) is 11.8 Å². The molecule has 3 aromatic rings. The highest BCUT2D eigenvalue weighted by molar-refractivity contribution is 5.92. The van der Waals surface area contributed by atoms with Crippen molar-refractivity contribution in [2.24, 2.45) is 0 Å². The van der Waals surface area contributed by atoms with E-state index in [-0.39, 0.29) is 45.1 Å². The van der Waals surface area contributed by atoms with Gasteiger partial charge in [-0.1, -0.05) is 42.2 Å². The minimum Gasteiger partial charge on any atom is -0.460 e. The number of amides is 3. The van der Waals surface area contributed by atoms with Gasteiger partial charge in [0.1, 0.15) is 23.4 Å².